The van der Waals surface area contributed by atoms with Crippen LogP contribution in [0.15, 0.2) is 4.99 Å². The molecule has 8 heteroatoms. The molecule has 2 rings (SSSR count). The Morgan fingerprint density at radius 2 is 1.77 bits per heavy atom. The third-order valence-electron chi connectivity index (χ3n) is 4.18. The van der Waals surface area contributed by atoms with Crippen molar-refractivity contribution < 1.29 is 0 Å². The van der Waals surface area contributed by atoms with E-state index in [9.17, 15) is 0 Å². The average Bonchev–Trinajstić information content (AvgIpc) is 2.65. The van der Waals surface area contributed by atoms with Gasteiger partial charge in [-0.1, -0.05) is 27.7 Å². The number of hydrogen-bond acceptors (Lipinski definition) is 7. The molecule has 0 spiro atoms. The maximum Gasteiger partial charge on any atom is 0.225 e. The summed E-state index contributed by atoms with van der Waals surface area (Å²) in [5.74, 6) is 1.78. The summed E-state index contributed by atoms with van der Waals surface area (Å²) in [7, 11) is 0. The highest BCUT2D eigenvalue weighted by Gasteiger charge is 2.37. The second-order valence-electron chi connectivity index (χ2n) is 6.35. The van der Waals surface area contributed by atoms with Crippen molar-refractivity contribution >= 4 is 23.3 Å². The summed E-state index contributed by atoms with van der Waals surface area (Å²) in [5, 5.41) is 17.3. The topological polar surface area (TPSA) is 98.3 Å². The molecule has 1 aliphatic heterocycles. The summed E-state index contributed by atoms with van der Waals surface area (Å²) < 4.78 is 0. The quantitative estimate of drug-likeness (QED) is 0.436. The Balaban J connectivity index is 2.56. The van der Waals surface area contributed by atoms with Gasteiger partial charge in [-0.2, -0.15) is 4.98 Å². The van der Waals surface area contributed by atoms with Crippen molar-refractivity contribution in [3.05, 3.63) is 5.69 Å². The van der Waals surface area contributed by atoms with Gasteiger partial charge in [0.25, 0.3) is 0 Å². The predicted molar refractivity (Wildman–Crippen MR) is 110 cm³/mol. The fourth-order valence-corrected chi connectivity index (χ4v) is 2.89. The number of nitrogens with one attached hydrogen (secondary N) is 5. The van der Waals surface area contributed by atoms with Crippen molar-refractivity contribution in [2.24, 2.45) is 4.99 Å². The molecule has 146 valence electrons. The first kappa shape index (κ1) is 20.2. The summed E-state index contributed by atoms with van der Waals surface area (Å²) in [6.45, 7) is 13.8. The molecular weight excluding hydrogens is 328 g/mol. The van der Waals surface area contributed by atoms with Crippen LogP contribution in [0, 0.1) is 0 Å². The van der Waals surface area contributed by atoms with E-state index in [1.54, 1.807) is 0 Å². The number of aliphatic imine (C=N–C) groups is 1. The smallest absolute Gasteiger partial charge is 0.225 e. The minimum Gasteiger partial charge on any atom is -0.368 e. The van der Waals surface area contributed by atoms with E-state index in [0.717, 1.165) is 68.5 Å². The van der Waals surface area contributed by atoms with Gasteiger partial charge < -0.3 is 21.3 Å². The first-order valence-corrected chi connectivity index (χ1v) is 9.88. The molecule has 1 atom stereocenters. The van der Waals surface area contributed by atoms with Gasteiger partial charge in [-0.15, -0.1) is 0 Å². The standard InChI is InChI=1S/C18H34N8/c1-6-11-20-15-14-13(23-17(24-15)19-9-4)16(21-12-7-2)26-18(8-3,25-14)22-10-5/h22,25H,6-12H2,1-5H3,(H,21,26)(H2,19,20,23,24). The second-order valence-corrected chi connectivity index (χ2v) is 6.35. The molecule has 0 aromatic carbocycles. The summed E-state index contributed by atoms with van der Waals surface area (Å²) in [6.07, 6.45) is 2.85. The minimum atomic E-state index is -0.458. The van der Waals surface area contributed by atoms with Gasteiger partial charge in [-0.25, -0.2) is 4.98 Å². The van der Waals surface area contributed by atoms with Crippen molar-refractivity contribution in [2.75, 3.05) is 42.1 Å². The fraction of sp³-hybridized carbons (Fsp3) is 0.722. The minimum absolute atomic E-state index is 0.458. The number of amidine groups is 1. The molecule has 8 nitrogen and oxygen atoms in total. The van der Waals surface area contributed by atoms with Gasteiger partial charge in [0.05, 0.1) is 0 Å². The monoisotopic (exact) mass is 362 g/mol. The normalized spacial score (nSPS) is 20.3. The average molecular weight is 363 g/mol. The Bertz CT molecular complexity index is 615. The van der Waals surface area contributed by atoms with Crippen LogP contribution in [0.25, 0.3) is 0 Å². The van der Waals surface area contributed by atoms with Crippen LogP contribution in [-0.4, -0.2) is 47.8 Å². The molecule has 0 fully saturated rings. The van der Waals surface area contributed by atoms with E-state index in [4.69, 9.17) is 9.98 Å². The zero-order valence-electron chi connectivity index (χ0n) is 16.8. The van der Waals surface area contributed by atoms with Gasteiger partial charge in [0.15, 0.2) is 17.4 Å². The SMILES string of the molecule is CCCN=C1NC(CC)(NCC)Nc2c(NCCC)nc(NCC)nc21. The lowest BCUT2D eigenvalue weighted by atomic mass is 10.1. The number of anilines is 3. The number of aromatic nitrogens is 2. The number of nitrogens with zero attached hydrogens (tertiary/aromatic N) is 3. The molecule has 0 aliphatic carbocycles. The van der Waals surface area contributed by atoms with E-state index in [1.165, 1.54) is 0 Å². The van der Waals surface area contributed by atoms with E-state index in [-0.39, 0.29) is 0 Å². The molecule has 0 saturated heterocycles. The molecule has 2 heterocycles. The van der Waals surface area contributed by atoms with Gasteiger partial charge in [0, 0.05) is 26.1 Å². The van der Waals surface area contributed by atoms with E-state index >= 15 is 0 Å². The lowest BCUT2D eigenvalue weighted by Gasteiger charge is -2.42. The van der Waals surface area contributed by atoms with Crippen LogP contribution in [0.2, 0.25) is 0 Å². The van der Waals surface area contributed by atoms with E-state index in [0.29, 0.717) is 5.95 Å². The molecule has 0 amide bonds. The lowest BCUT2D eigenvalue weighted by molar-refractivity contribution is 0.332. The highest BCUT2D eigenvalue weighted by Crippen LogP contribution is 2.31. The molecule has 0 radical (unpaired) electrons. The third kappa shape index (κ3) is 4.55. The van der Waals surface area contributed by atoms with Gasteiger partial charge in [-0.3, -0.25) is 10.3 Å². The van der Waals surface area contributed by atoms with Crippen LogP contribution in [0.3, 0.4) is 0 Å². The van der Waals surface area contributed by atoms with Crippen molar-refractivity contribution in [1.82, 2.24) is 20.6 Å². The van der Waals surface area contributed by atoms with Crippen LogP contribution in [-0.2, 0) is 0 Å². The van der Waals surface area contributed by atoms with Gasteiger partial charge >= 0.3 is 0 Å². The lowest BCUT2D eigenvalue weighted by Crippen LogP contribution is -2.66. The van der Waals surface area contributed by atoms with Crippen molar-refractivity contribution in [1.29, 1.82) is 0 Å². The molecule has 0 saturated carbocycles. The summed E-state index contributed by atoms with van der Waals surface area (Å²) in [5.41, 5.74) is 1.71. The summed E-state index contributed by atoms with van der Waals surface area (Å²) in [4.78, 5) is 14.2. The first-order chi connectivity index (χ1) is 12.6. The summed E-state index contributed by atoms with van der Waals surface area (Å²) in [6, 6.07) is 0. The van der Waals surface area contributed by atoms with E-state index in [1.807, 2.05) is 6.92 Å². The molecular formula is C18H34N8. The molecule has 1 aromatic heterocycles. The van der Waals surface area contributed by atoms with Gasteiger partial charge in [0.2, 0.25) is 5.95 Å². The highest BCUT2D eigenvalue weighted by molar-refractivity contribution is 6.06. The maximum absolute atomic E-state index is 4.77. The Kier molecular flexibility index (Phi) is 7.44. The zero-order chi connectivity index (χ0) is 19.0. The maximum atomic E-state index is 4.77. The Morgan fingerprint density at radius 1 is 0.962 bits per heavy atom. The molecule has 1 unspecified atom stereocenters. The first-order valence-electron chi connectivity index (χ1n) is 9.88. The molecule has 1 aliphatic rings. The van der Waals surface area contributed by atoms with E-state index < -0.39 is 5.79 Å². The zero-order valence-corrected chi connectivity index (χ0v) is 16.8. The molecule has 26 heavy (non-hydrogen) atoms. The van der Waals surface area contributed by atoms with Crippen LogP contribution in [0.1, 0.15) is 59.6 Å². The molecule has 5 N–H and O–H groups in total. The van der Waals surface area contributed by atoms with Crippen LogP contribution in [0.4, 0.5) is 17.5 Å². The van der Waals surface area contributed by atoms with Gasteiger partial charge in [-0.05, 0) is 26.3 Å². The summed E-state index contributed by atoms with van der Waals surface area (Å²) >= 11 is 0. The van der Waals surface area contributed by atoms with Crippen molar-refractivity contribution in [3.63, 3.8) is 0 Å². The number of hydrogen-bond donors (Lipinski definition) is 5. The van der Waals surface area contributed by atoms with Gasteiger partial charge in [0.1, 0.15) is 11.4 Å². The molecule has 0 bridgehead atoms. The second kappa shape index (κ2) is 9.56. The van der Waals surface area contributed by atoms with Crippen molar-refractivity contribution in [3.8, 4) is 0 Å². The third-order valence-corrected chi connectivity index (χ3v) is 4.18. The predicted octanol–water partition coefficient (Wildman–Crippen LogP) is 2.58. The Hall–Kier alpha value is -2.09. The number of rotatable bonds is 10. The fourth-order valence-electron chi connectivity index (χ4n) is 2.89. The largest absolute Gasteiger partial charge is 0.368 e. The van der Waals surface area contributed by atoms with Crippen LogP contribution in [0.5, 0.6) is 0 Å². The van der Waals surface area contributed by atoms with Crippen LogP contribution < -0.4 is 26.6 Å². The van der Waals surface area contributed by atoms with Crippen LogP contribution >= 0.6 is 0 Å². The van der Waals surface area contributed by atoms with E-state index in [2.05, 4.69) is 59.3 Å². The Labute approximate surface area is 157 Å². The highest BCUT2D eigenvalue weighted by atomic mass is 15.4. The number of fused-ring (bicyclic) bond motifs is 1. The Morgan fingerprint density at radius 3 is 2.38 bits per heavy atom. The molecule has 1 aromatic rings. The van der Waals surface area contributed by atoms with Crippen molar-refractivity contribution in [2.45, 2.75) is 59.7 Å².